The van der Waals surface area contributed by atoms with Gasteiger partial charge in [-0.15, -0.1) is 0 Å². The number of nitrogens with zero attached hydrogens (tertiary/aromatic N) is 4. The van der Waals surface area contributed by atoms with Crippen molar-refractivity contribution in [2.75, 3.05) is 0 Å². The minimum atomic E-state index is 0.572. The van der Waals surface area contributed by atoms with Crippen LogP contribution >= 0.6 is 0 Å². The second-order valence-corrected chi connectivity index (χ2v) is 12.4. The maximum Gasteiger partial charge on any atom is 0.137 e. The Kier molecular flexibility index (Phi) is 7.46. The van der Waals surface area contributed by atoms with Crippen molar-refractivity contribution in [2.24, 2.45) is 5.92 Å². The largest absolute Gasteiger partial charge is 0.457 e. The normalized spacial score (nSPS) is 11.6. The molecule has 5 nitrogen and oxygen atoms in total. The van der Waals surface area contributed by atoms with E-state index in [1.54, 1.807) is 0 Å². The molecule has 45 heavy (non-hydrogen) atoms. The molecule has 0 aliphatic rings. The van der Waals surface area contributed by atoms with E-state index in [-0.39, 0.29) is 0 Å². The average Bonchev–Trinajstić information content (AvgIpc) is 3.63. The molecule has 5 heteroatoms. The third-order valence-electron chi connectivity index (χ3n) is 8.48. The number of pyridine rings is 1. The van der Waals surface area contributed by atoms with Crippen molar-refractivity contribution in [2.45, 2.75) is 47.5 Å². The molecule has 3 heterocycles. The lowest BCUT2D eigenvalue weighted by Crippen LogP contribution is -2.01. The topological polar surface area (TPSA) is 44.9 Å². The smallest absolute Gasteiger partial charge is 0.137 e. The molecule has 0 unspecified atom stereocenters. The van der Waals surface area contributed by atoms with Gasteiger partial charge in [0.05, 0.1) is 22.9 Å². The summed E-state index contributed by atoms with van der Waals surface area (Å²) in [6.45, 7) is 11.0. The summed E-state index contributed by atoms with van der Waals surface area (Å²) < 4.78 is 10.8. The molecule has 3 aromatic heterocycles. The summed E-state index contributed by atoms with van der Waals surface area (Å²) in [5, 5.41) is 7.12. The molecular weight excluding hydrogens is 552 g/mol. The molecule has 0 fully saturated rings. The van der Waals surface area contributed by atoms with Crippen LogP contribution in [0.3, 0.4) is 0 Å². The SMILES string of the molecule is CCc1cccc(C)c1-c1cnn(-c2cc(C)cc(Oc3ccc4c5ccccc5n(-c5cc(CC(C)C)ccn5)c4c3)c2)c1. The fraction of sp³-hybridized carbons (Fsp3) is 0.200. The highest BCUT2D eigenvalue weighted by atomic mass is 16.5. The summed E-state index contributed by atoms with van der Waals surface area (Å²) in [6, 6.07) is 32.0. The molecule has 0 amide bonds. The molecule has 7 rings (SSSR count). The van der Waals surface area contributed by atoms with E-state index in [1.165, 1.54) is 33.0 Å². The average molecular weight is 591 g/mol. The van der Waals surface area contributed by atoms with E-state index >= 15 is 0 Å². The molecule has 224 valence electrons. The summed E-state index contributed by atoms with van der Waals surface area (Å²) in [5.41, 5.74) is 10.5. The Morgan fingerprint density at radius 2 is 1.64 bits per heavy atom. The van der Waals surface area contributed by atoms with Crippen molar-refractivity contribution in [3.05, 3.63) is 132 Å². The quantitative estimate of drug-likeness (QED) is 0.177. The fourth-order valence-electron chi connectivity index (χ4n) is 6.53. The molecule has 0 bridgehead atoms. The third-order valence-corrected chi connectivity index (χ3v) is 8.48. The van der Waals surface area contributed by atoms with Crippen LogP contribution in [-0.2, 0) is 12.8 Å². The van der Waals surface area contributed by atoms with Crippen LogP contribution in [0.4, 0.5) is 0 Å². The van der Waals surface area contributed by atoms with Gasteiger partial charge in [0.1, 0.15) is 17.3 Å². The van der Waals surface area contributed by atoms with Gasteiger partial charge in [0.25, 0.3) is 0 Å². The highest BCUT2D eigenvalue weighted by molar-refractivity contribution is 6.09. The molecule has 0 spiro atoms. The molecular formula is C40H38N4O. The van der Waals surface area contributed by atoms with Crippen LogP contribution in [-0.4, -0.2) is 19.3 Å². The summed E-state index contributed by atoms with van der Waals surface area (Å²) in [6.07, 6.45) is 7.99. The first kappa shape index (κ1) is 28.6. The van der Waals surface area contributed by atoms with Gasteiger partial charge in [-0.3, -0.25) is 4.57 Å². The van der Waals surface area contributed by atoms with Crippen LogP contribution in [0.1, 0.15) is 43.0 Å². The number of hydrogen-bond acceptors (Lipinski definition) is 3. The molecule has 0 atom stereocenters. The lowest BCUT2D eigenvalue weighted by atomic mass is 9.96. The van der Waals surface area contributed by atoms with E-state index < -0.39 is 0 Å². The molecule has 7 aromatic rings. The Hall–Kier alpha value is -5.16. The predicted octanol–water partition coefficient (Wildman–Crippen LogP) is 10.2. The van der Waals surface area contributed by atoms with Gasteiger partial charge in [0, 0.05) is 40.9 Å². The number of fused-ring (bicyclic) bond motifs is 3. The lowest BCUT2D eigenvalue weighted by Gasteiger charge is -2.12. The Balaban J connectivity index is 1.27. The molecule has 4 aromatic carbocycles. The Bertz CT molecular complexity index is 2170. The Labute approximate surface area is 264 Å². The van der Waals surface area contributed by atoms with Gasteiger partial charge in [-0.2, -0.15) is 5.10 Å². The van der Waals surface area contributed by atoms with E-state index in [0.717, 1.165) is 58.0 Å². The first-order valence-corrected chi connectivity index (χ1v) is 15.8. The molecule has 0 aliphatic heterocycles. The first-order valence-electron chi connectivity index (χ1n) is 15.8. The number of aromatic nitrogens is 4. The summed E-state index contributed by atoms with van der Waals surface area (Å²) in [4.78, 5) is 4.81. The van der Waals surface area contributed by atoms with Gasteiger partial charge < -0.3 is 4.74 Å². The van der Waals surface area contributed by atoms with Gasteiger partial charge in [0.2, 0.25) is 0 Å². The number of ether oxygens (including phenoxy) is 1. The Morgan fingerprint density at radius 1 is 0.800 bits per heavy atom. The molecule has 0 saturated carbocycles. The third kappa shape index (κ3) is 5.51. The van der Waals surface area contributed by atoms with Gasteiger partial charge in [-0.05, 0) is 103 Å². The Morgan fingerprint density at radius 3 is 2.49 bits per heavy atom. The zero-order valence-corrected chi connectivity index (χ0v) is 26.6. The minimum Gasteiger partial charge on any atom is -0.457 e. The van der Waals surface area contributed by atoms with Gasteiger partial charge >= 0.3 is 0 Å². The minimum absolute atomic E-state index is 0.572. The molecule has 0 N–H and O–H groups in total. The van der Waals surface area contributed by atoms with Crippen LogP contribution in [0, 0.1) is 19.8 Å². The predicted molar refractivity (Wildman–Crippen MR) is 185 cm³/mol. The second kappa shape index (κ2) is 11.7. The van der Waals surface area contributed by atoms with Gasteiger partial charge in [-0.25, -0.2) is 9.67 Å². The second-order valence-electron chi connectivity index (χ2n) is 12.4. The highest BCUT2D eigenvalue weighted by Crippen LogP contribution is 2.36. The molecule has 0 aliphatic carbocycles. The van der Waals surface area contributed by atoms with Crippen LogP contribution < -0.4 is 4.74 Å². The zero-order valence-electron chi connectivity index (χ0n) is 26.6. The number of rotatable bonds is 8. The van der Waals surface area contributed by atoms with Crippen molar-refractivity contribution in [1.29, 1.82) is 0 Å². The molecule has 0 saturated heterocycles. The van der Waals surface area contributed by atoms with Crippen LogP contribution in [0.5, 0.6) is 11.5 Å². The van der Waals surface area contributed by atoms with Crippen molar-refractivity contribution in [3.63, 3.8) is 0 Å². The summed E-state index contributed by atoms with van der Waals surface area (Å²) in [5.74, 6) is 3.03. The molecule has 0 radical (unpaired) electrons. The standard InChI is InChI=1S/C40H38N4O/c1-6-30-11-9-10-28(5)40(30)31-24-42-43(25-31)32-19-27(4)20-34(22-32)45-33-14-15-36-35-12-7-8-13-37(35)44(38(36)23-33)39-21-29(16-17-41-39)18-26(2)3/h7-17,19-26H,6,18H2,1-5H3. The maximum absolute atomic E-state index is 6.56. The summed E-state index contributed by atoms with van der Waals surface area (Å²) >= 11 is 0. The van der Waals surface area contributed by atoms with E-state index in [2.05, 4.69) is 136 Å². The lowest BCUT2D eigenvalue weighted by molar-refractivity contribution is 0.482. The monoisotopic (exact) mass is 590 g/mol. The van der Waals surface area contributed by atoms with Crippen LogP contribution in [0.2, 0.25) is 0 Å². The van der Waals surface area contributed by atoms with Crippen molar-refractivity contribution >= 4 is 21.8 Å². The summed E-state index contributed by atoms with van der Waals surface area (Å²) in [7, 11) is 0. The maximum atomic E-state index is 6.56. The number of hydrogen-bond donors (Lipinski definition) is 0. The number of aryl methyl sites for hydroxylation is 3. The van der Waals surface area contributed by atoms with E-state index in [1.807, 2.05) is 17.1 Å². The van der Waals surface area contributed by atoms with Gasteiger partial charge in [0.15, 0.2) is 0 Å². The van der Waals surface area contributed by atoms with Crippen molar-refractivity contribution in [1.82, 2.24) is 19.3 Å². The zero-order chi connectivity index (χ0) is 31.1. The van der Waals surface area contributed by atoms with E-state index in [4.69, 9.17) is 14.8 Å². The van der Waals surface area contributed by atoms with E-state index in [0.29, 0.717) is 5.92 Å². The highest BCUT2D eigenvalue weighted by Gasteiger charge is 2.16. The van der Waals surface area contributed by atoms with Gasteiger partial charge in [-0.1, -0.05) is 57.2 Å². The van der Waals surface area contributed by atoms with Crippen molar-refractivity contribution in [3.8, 4) is 34.1 Å². The number of benzene rings is 4. The van der Waals surface area contributed by atoms with Crippen LogP contribution in [0.25, 0.3) is 44.4 Å². The van der Waals surface area contributed by atoms with E-state index in [9.17, 15) is 0 Å². The fourth-order valence-corrected chi connectivity index (χ4v) is 6.53. The van der Waals surface area contributed by atoms with Crippen LogP contribution in [0.15, 0.2) is 110 Å². The number of para-hydroxylation sites is 1. The first-order chi connectivity index (χ1) is 21.9. The van der Waals surface area contributed by atoms with Crippen molar-refractivity contribution < 1.29 is 4.74 Å².